The number of hydrogen-bond donors (Lipinski definition) is 1. The van der Waals surface area contributed by atoms with E-state index in [1.165, 1.54) is 12.8 Å². The average Bonchev–Trinajstić information content (AvgIpc) is 3.25. The van der Waals surface area contributed by atoms with Crippen LogP contribution < -0.4 is 10.1 Å². The minimum Gasteiger partial charge on any atom is -0.497 e. The standard InChI is InChI=1S/C15H17ClN2O/c1-19-12-3-2-11-4-7-17-14(13(11)8-12)18-10-15(9-16)5-6-15/h2-4,7-8H,5-6,9-10H2,1H3,(H,17,18). The SMILES string of the molecule is COc1ccc2ccnc(NCC3(CCl)CC3)c2c1. The molecule has 0 saturated heterocycles. The van der Waals surface area contributed by atoms with Crippen molar-refractivity contribution in [3.8, 4) is 5.75 Å². The van der Waals surface area contributed by atoms with Gasteiger partial charge in [-0.25, -0.2) is 4.98 Å². The summed E-state index contributed by atoms with van der Waals surface area (Å²) < 4.78 is 5.28. The Balaban J connectivity index is 1.89. The Morgan fingerprint density at radius 2 is 2.21 bits per heavy atom. The van der Waals surface area contributed by atoms with Crippen LogP contribution in [0.1, 0.15) is 12.8 Å². The van der Waals surface area contributed by atoms with Crippen molar-refractivity contribution in [2.24, 2.45) is 5.41 Å². The molecule has 1 aromatic heterocycles. The molecule has 1 fully saturated rings. The molecular weight excluding hydrogens is 260 g/mol. The molecule has 3 nitrogen and oxygen atoms in total. The van der Waals surface area contributed by atoms with E-state index in [4.69, 9.17) is 16.3 Å². The number of fused-ring (bicyclic) bond motifs is 1. The molecule has 4 heteroatoms. The maximum atomic E-state index is 6.01. The molecule has 100 valence electrons. The van der Waals surface area contributed by atoms with Gasteiger partial charge in [0.25, 0.3) is 0 Å². The summed E-state index contributed by atoms with van der Waals surface area (Å²) in [7, 11) is 1.68. The summed E-state index contributed by atoms with van der Waals surface area (Å²) in [5, 5.41) is 5.69. The van der Waals surface area contributed by atoms with Gasteiger partial charge in [-0.05, 0) is 36.4 Å². The zero-order valence-corrected chi connectivity index (χ0v) is 11.7. The number of benzene rings is 1. The third-order valence-corrected chi connectivity index (χ3v) is 4.41. The molecule has 2 aromatic rings. The Bertz CT molecular complexity index is 596. The van der Waals surface area contributed by atoms with Gasteiger partial charge in [-0.3, -0.25) is 0 Å². The number of aromatic nitrogens is 1. The summed E-state index contributed by atoms with van der Waals surface area (Å²) >= 11 is 6.01. The van der Waals surface area contributed by atoms with Crippen molar-refractivity contribution in [2.45, 2.75) is 12.8 Å². The second-order valence-electron chi connectivity index (χ2n) is 5.23. The number of hydrogen-bond acceptors (Lipinski definition) is 3. The zero-order valence-electron chi connectivity index (χ0n) is 10.9. The summed E-state index contributed by atoms with van der Waals surface area (Å²) in [6.45, 7) is 0.889. The van der Waals surface area contributed by atoms with Gasteiger partial charge in [0, 0.05) is 29.4 Å². The van der Waals surface area contributed by atoms with Crippen LogP contribution in [0.4, 0.5) is 5.82 Å². The van der Waals surface area contributed by atoms with Crippen molar-refractivity contribution in [3.05, 3.63) is 30.5 Å². The fourth-order valence-electron chi connectivity index (χ4n) is 2.22. The topological polar surface area (TPSA) is 34.1 Å². The second kappa shape index (κ2) is 4.89. The van der Waals surface area contributed by atoms with Crippen molar-refractivity contribution in [1.29, 1.82) is 0 Å². The van der Waals surface area contributed by atoms with Crippen LogP contribution in [0, 0.1) is 5.41 Å². The predicted octanol–water partition coefficient (Wildman–Crippen LogP) is 3.67. The van der Waals surface area contributed by atoms with E-state index < -0.39 is 0 Å². The first-order chi connectivity index (χ1) is 9.26. The van der Waals surface area contributed by atoms with Gasteiger partial charge in [-0.15, -0.1) is 11.6 Å². The van der Waals surface area contributed by atoms with Crippen LogP contribution in [0.2, 0.25) is 0 Å². The molecule has 1 aromatic carbocycles. The van der Waals surface area contributed by atoms with Gasteiger partial charge < -0.3 is 10.1 Å². The minimum absolute atomic E-state index is 0.282. The fraction of sp³-hybridized carbons (Fsp3) is 0.400. The van der Waals surface area contributed by atoms with E-state index in [-0.39, 0.29) is 5.41 Å². The lowest BCUT2D eigenvalue weighted by Crippen LogP contribution is -2.17. The lowest BCUT2D eigenvalue weighted by atomic mass is 10.1. The maximum Gasteiger partial charge on any atom is 0.133 e. The molecular formula is C15H17ClN2O. The highest BCUT2D eigenvalue weighted by atomic mass is 35.5. The second-order valence-corrected chi connectivity index (χ2v) is 5.50. The molecule has 0 aliphatic heterocycles. The first kappa shape index (κ1) is 12.5. The minimum atomic E-state index is 0.282. The van der Waals surface area contributed by atoms with Gasteiger partial charge in [-0.2, -0.15) is 0 Å². The molecule has 19 heavy (non-hydrogen) atoms. The van der Waals surface area contributed by atoms with Crippen molar-refractivity contribution in [1.82, 2.24) is 4.98 Å². The van der Waals surface area contributed by atoms with Gasteiger partial charge in [0.2, 0.25) is 0 Å². The lowest BCUT2D eigenvalue weighted by molar-refractivity contribution is 0.415. The third kappa shape index (κ3) is 2.47. The van der Waals surface area contributed by atoms with E-state index in [1.807, 2.05) is 24.4 Å². The molecule has 0 spiro atoms. The van der Waals surface area contributed by atoms with Gasteiger partial charge in [0.1, 0.15) is 11.6 Å². The molecule has 1 N–H and O–H groups in total. The van der Waals surface area contributed by atoms with Gasteiger partial charge >= 0.3 is 0 Å². The quantitative estimate of drug-likeness (QED) is 0.846. The molecule has 1 aliphatic rings. The lowest BCUT2D eigenvalue weighted by Gasteiger charge is -2.14. The van der Waals surface area contributed by atoms with E-state index >= 15 is 0 Å². The zero-order chi connectivity index (χ0) is 13.3. The van der Waals surface area contributed by atoms with E-state index in [1.54, 1.807) is 7.11 Å². The molecule has 1 saturated carbocycles. The summed E-state index contributed by atoms with van der Waals surface area (Å²) in [4.78, 5) is 4.44. The van der Waals surface area contributed by atoms with E-state index in [9.17, 15) is 0 Å². The number of anilines is 1. The van der Waals surface area contributed by atoms with Crippen molar-refractivity contribution in [2.75, 3.05) is 24.9 Å². The Labute approximate surface area is 117 Å². The van der Waals surface area contributed by atoms with E-state index in [0.29, 0.717) is 5.88 Å². The van der Waals surface area contributed by atoms with Crippen molar-refractivity contribution in [3.63, 3.8) is 0 Å². The largest absolute Gasteiger partial charge is 0.497 e. The number of pyridine rings is 1. The van der Waals surface area contributed by atoms with Crippen LogP contribution in [0.3, 0.4) is 0 Å². The molecule has 0 amide bonds. The van der Waals surface area contributed by atoms with Crippen molar-refractivity contribution >= 4 is 28.2 Å². The summed E-state index contributed by atoms with van der Waals surface area (Å²) in [5.74, 6) is 2.48. The number of alkyl halides is 1. The molecule has 3 rings (SSSR count). The van der Waals surface area contributed by atoms with Gasteiger partial charge in [0.05, 0.1) is 7.11 Å². The Morgan fingerprint density at radius 1 is 1.37 bits per heavy atom. The molecule has 0 unspecified atom stereocenters. The molecule has 1 heterocycles. The Morgan fingerprint density at radius 3 is 2.89 bits per heavy atom. The van der Waals surface area contributed by atoms with Gasteiger partial charge in [0.15, 0.2) is 0 Å². The molecule has 0 bridgehead atoms. The highest BCUT2D eigenvalue weighted by Gasteiger charge is 2.41. The van der Waals surface area contributed by atoms with Gasteiger partial charge in [-0.1, -0.05) is 6.07 Å². The monoisotopic (exact) mass is 276 g/mol. The van der Waals surface area contributed by atoms with Crippen LogP contribution in [0.25, 0.3) is 10.8 Å². The third-order valence-electron chi connectivity index (χ3n) is 3.84. The predicted molar refractivity (Wildman–Crippen MR) is 79.2 cm³/mol. The first-order valence-electron chi connectivity index (χ1n) is 6.49. The fourth-order valence-corrected chi connectivity index (χ4v) is 2.58. The summed E-state index contributed by atoms with van der Waals surface area (Å²) in [6, 6.07) is 8.04. The smallest absolute Gasteiger partial charge is 0.133 e. The Kier molecular flexibility index (Phi) is 3.23. The van der Waals surface area contributed by atoms with Crippen LogP contribution in [0.15, 0.2) is 30.5 Å². The maximum absolute atomic E-state index is 6.01. The highest BCUT2D eigenvalue weighted by molar-refractivity contribution is 6.18. The van der Waals surface area contributed by atoms with Crippen LogP contribution in [0.5, 0.6) is 5.75 Å². The van der Waals surface area contributed by atoms with Crippen LogP contribution >= 0.6 is 11.6 Å². The number of methoxy groups -OCH3 is 1. The van der Waals surface area contributed by atoms with E-state index in [2.05, 4.69) is 16.4 Å². The number of rotatable bonds is 5. The number of ether oxygens (including phenoxy) is 1. The van der Waals surface area contributed by atoms with Crippen molar-refractivity contribution < 1.29 is 4.74 Å². The molecule has 0 atom stereocenters. The summed E-state index contributed by atoms with van der Waals surface area (Å²) in [6.07, 6.45) is 4.24. The first-order valence-corrected chi connectivity index (χ1v) is 7.02. The normalized spacial score (nSPS) is 16.3. The average molecular weight is 277 g/mol. The number of nitrogens with zero attached hydrogens (tertiary/aromatic N) is 1. The summed E-state index contributed by atoms with van der Waals surface area (Å²) in [5.41, 5.74) is 0.282. The van der Waals surface area contributed by atoms with Crippen LogP contribution in [-0.4, -0.2) is 24.5 Å². The number of nitrogens with one attached hydrogen (secondary N) is 1. The molecule has 1 aliphatic carbocycles. The Hall–Kier alpha value is -1.48. The van der Waals surface area contributed by atoms with Crippen LogP contribution in [-0.2, 0) is 0 Å². The van der Waals surface area contributed by atoms with E-state index in [0.717, 1.165) is 28.9 Å². The number of halogens is 1. The highest BCUT2D eigenvalue weighted by Crippen LogP contribution is 2.46. The molecule has 0 radical (unpaired) electrons.